The molecule has 2 heterocycles. The normalized spacial score (nSPS) is 12.5. The van der Waals surface area contributed by atoms with Gasteiger partial charge in [-0.25, -0.2) is 5.43 Å². The van der Waals surface area contributed by atoms with Gasteiger partial charge in [-0.2, -0.15) is 10.2 Å². The first-order valence-corrected chi connectivity index (χ1v) is 6.80. The summed E-state index contributed by atoms with van der Waals surface area (Å²) in [6.07, 6.45) is 1.85. The van der Waals surface area contributed by atoms with E-state index in [4.69, 9.17) is 5.84 Å². The monoisotopic (exact) mass is 279 g/mol. The Morgan fingerprint density at radius 3 is 2.71 bits per heavy atom. The van der Waals surface area contributed by atoms with E-state index in [0.717, 1.165) is 33.4 Å². The Hall–Kier alpha value is -2.37. The molecule has 0 radical (unpaired) electrons. The minimum Gasteiger partial charge on any atom is -0.271 e. The number of benzene rings is 1. The highest BCUT2D eigenvalue weighted by molar-refractivity contribution is 5.79. The molecule has 106 valence electrons. The Morgan fingerprint density at radius 2 is 1.90 bits per heavy atom. The Balaban J connectivity index is 2.11. The van der Waals surface area contributed by atoms with Gasteiger partial charge in [-0.3, -0.25) is 10.8 Å². The van der Waals surface area contributed by atoms with E-state index in [9.17, 15) is 0 Å². The van der Waals surface area contributed by atoms with E-state index in [1.807, 2.05) is 50.4 Å². The lowest BCUT2D eigenvalue weighted by Crippen LogP contribution is -2.30. The third-order valence-corrected chi connectivity index (χ3v) is 3.56. The maximum Gasteiger partial charge on any atom is 0.0744 e. The largest absolute Gasteiger partial charge is 0.271 e. The van der Waals surface area contributed by atoms with Crippen molar-refractivity contribution < 1.29 is 0 Å². The van der Waals surface area contributed by atoms with Crippen LogP contribution in [0.5, 0.6) is 0 Å². The minimum atomic E-state index is -0.156. The van der Waals surface area contributed by atoms with Crippen LogP contribution in [0.3, 0.4) is 0 Å². The second-order valence-corrected chi connectivity index (χ2v) is 5.09. The van der Waals surface area contributed by atoms with Gasteiger partial charge in [0, 0.05) is 11.6 Å². The van der Waals surface area contributed by atoms with Gasteiger partial charge < -0.3 is 0 Å². The number of hydrogen-bond acceptors (Lipinski definition) is 5. The van der Waals surface area contributed by atoms with Crippen molar-refractivity contribution in [3.63, 3.8) is 0 Å². The molecule has 0 spiro atoms. The van der Waals surface area contributed by atoms with Gasteiger partial charge in [-0.15, -0.1) is 0 Å². The smallest absolute Gasteiger partial charge is 0.0744 e. The molecule has 5 heteroatoms. The summed E-state index contributed by atoms with van der Waals surface area (Å²) in [4.78, 5) is 4.50. The maximum absolute atomic E-state index is 5.77. The zero-order valence-corrected chi connectivity index (χ0v) is 12.0. The summed E-state index contributed by atoms with van der Waals surface area (Å²) in [5.41, 5.74) is 7.58. The number of fused-ring (bicyclic) bond motifs is 1. The summed E-state index contributed by atoms with van der Waals surface area (Å²) < 4.78 is 0. The highest BCUT2D eigenvalue weighted by atomic mass is 15.2. The molecule has 1 atom stereocenters. The van der Waals surface area contributed by atoms with Gasteiger partial charge in [0.1, 0.15) is 0 Å². The van der Waals surface area contributed by atoms with E-state index in [1.165, 1.54) is 0 Å². The van der Waals surface area contributed by atoms with Crippen molar-refractivity contribution in [2.24, 2.45) is 5.84 Å². The third-order valence-electron chi connectivity index (χ3n) is 3.56. The van der Waals surface area contributed by atoms with Gasteiger partial charge in [0.2, 0.25) is 0 Å². The molecule has 1 unspecified atom stereocenters. The lowest BCUT2D eigenvalue weighted by atomic mass is 9.98. The molecule has 2 aromatic heterocycles. The molecule has 0 amide bonds. The fraction of sp³-hybridized carbons (Fsp3) is 0.188. The highest BCUT2D eigenvalue weighted by Gasteiger charge is 2.17. The summed E-state index contributed by atoms with van der Waals surface area (Å²) in [7, 11) is 0. The zero-order chi connectivity index (χ0) is 14.8. The van der Waals surface area contributed by atoms with Crippen LogP contribution >= 0.6 is 0 Å². The van der Waals surface area contributed by atoms with E-state index in [1.54, 1.807) is 0 Å². The number of para-hydroxylation sites is 1. The lowest BCUT2D eigenvalue weighted by Gasteiger charge is -2.18. The van der Waals surface area contributed by atoms with E-state index >= 15 is 0 Å². The van der Waals surface area contributed by atoms with Gasteiger partial charge in [-0.05, 0) is 43.2 Å². The number of hydrogen-bond donors (Lipinski definition) is 2. The van der Waals surface area contributed by atoms with Crippen LogP contribution in [0.4, 0.5) is 0 Å². The number of nitrogens with zero attached hydrogens (tertiary/aromatic N) is 3. The van der Waals surface area contributed by atoms with Crippen molar-refractivity contribution in [3.8, 4) is 0 Å². The summed E-state index contributed by atoms with van der Waals surface area (Å²) in [5, 5.41) is 9.32. The Labute approximate surface area is 123 Å². The van der Waals surface area contributed by atoms with Crippen LogP contribution in [0.1, 0.15) is 28.6 Å². The number of aryl methyl sites for hydroxylation is 2. The molecule has 0 saturated heterocycles. The molecular formula is C16H17N5. The maximum atomic E-state index is 5.77. The lowest BCUT2D eigenvalue weighted by molar-refractivity contribution is 0.624. The highest BCUT2D eigenvalue weighted by Crippen LogP contribution is 2.25. The van der Waals surface area contributed by atoms with Crippen molar-refractivity contribution in [3.05, 3.63) is 65.1 Å². The van der Waals surface area contributed by atoms with Crippen molar-refractivity contribution >= 4 is 10.9 Å². The molecule has 1 aromatic carbocycles. The SMILES string of the molecule is Cc1cc(C(NN)c2cnc3ccccc3c2)c(C)nn1. The van der Waals surface area contributed by atoms with Gasteiger partial charge in [0.15, 0.2) is 0 Å². The number of nitrogens with one attached hydrogen (secondary N) is 1. The number of aromatic nitrogens is 3. The molecule has 3 rings (SSSR count). The number of hydrazine groups is 1. The van der Waals surface area contributed by atoms with Crippen LogP contribution in [0.2, 0.25) is 0 Å². The summed E-state index contributed by atoms with van der Waals surface area (Å²) in [5.74, 6) is 5.77. The standard InChI is InChI=1S/C16H17N5/c1-10-7-14(11(2)21-20-10)16(19-17)13-8-12-5-3-4-6-15(12)18-9-13/h3-9,16,19H,17H2,1-2H3. The molecule has 0 fully saturated rings. The molecule has 0 aliphatic carbocycles. The van der Waals surface area contributed by atoms with Crippen molar-refractivity contribution in [1.29, 1.82) is 0 Å². The van der Waals surface area contributed by atoms with Crippen LogP contribution in [0.15, 0.2) is 42.6 Å². The quantitative estimate of drug-likeness (QED) is 0.567. The first-order valence-electron chi connectivity index (χ1n) is 6.80. The molecule has 5 nitrogen and oxygen atoms in total. The summed E-state index contributed by atoms with van der Waals surface area (Å²) >= 11 is 0. The average molecular weight is 279 g/mol. The first-order chi connectivity index (χ1) is 10.2. The van der Waals surface area contributed by atoms with Crippen molar-refractivity contribution in [2.75, 3.05) is 0 Å². The molecule has 0 aliphatic rings. The van der Waals surface area contributed by atoms with E-state index < -0.39 is 0 Å². The third kappa shape index (κ3) is 2.61. The fourth-order valence-electron chi connectivity index (χ4n) is 2.47. The molecule has 0 bridgehead atoms. The van der Waals surface area contributed by atoms with Crippen LogP contribution in [0.25, 0.3) is 10.9 Å². The van der Waals surface area contributed by atoms with Crippen molar-refractivity contribution in [1.82, 2.24) is 20.6 Å². The second kappa shape index (κ2) is 5.55. The van der Waals surface area contributed by atoms with Gasteiger partial charge >= 0.3 is 0 Å². The molecular weight excluding hydrogens is 262 g/mol. The molecule has 3 N–H and O–H groups in total. The number of rotatable bonds is 3. The van der Waals surface area contributed by atoms with Crippen LogP contribution in [-0.4, -0.2) is 15.2 Å². The average Bonchev–Trinajstić information content (AvgIpc) is 2.51. The molecule has 0 saturated carbocycles. The minimum absolute atomic E-state index is 0.156. The van der Waals surface area contributed by atoms with Gasteiger partial charge in [0.25, 0.3) is 0 Å². The van der Waals surface area contributed by atoms with E-state index in [2.05, 4.69) is 26.7 Å². The molecule has 21 heavy (non-hydrogen) atoms. The van der Waals surface area contributed by atoms with Crippen LogP contribution in [0, 0.1) is 13.8 Å². The summed E-state index contributed by atoms with van der Waals surface area (Å²) in [6.45, 7) is 3.85. The van der Waals surface area contributed by atoms with Crippen LogP contribution in [-0.2, 0) is 0 Å². The molecule has 0 aliphatic heterocycles. The second-order valence-electron chi connectivity index (χ2n) is 5.09. The van der Waals surface area contributed by atoms with Crippen LogP contribution < -0.4 is 11.3 Å². The van der Waals surface area contributed by atoms with Gasteiger partial charge in [0.05, 0.1) is 22.9 Å². The van der Waals surface area contributed by atoms with E-state index in [0.29, 0.717) is 0 Å². The summed E-state index contributed by atoms with van der Waals surface area (Å²) in [6, 6.07) is 12.0. The van der Waals surface area contributed by atoms with Crippen molar-refractivity contribution in [2.45, 2.75) is 19.9 Å². The van der Waals surface area contributed by atoms with E-state index in [-0.39, 0.29) is 6.04 Å². The zero-order valence-electron chi connectivity index (χ0n) is 12.0. The topological polar surface area (TPSA) is 76.7 Å². The predicted molar refractivity (Wildman–Crippen MR) is 82.4 cm³/mol. The number of pyridine rings is 1. The number of nitrogens with two attached hydrogens (primary N) is 1. The Bertz CT molecular complexity index is 784. The first kappa shape index (κ1) is 13.6. The van der Waals surface area contributed by atoms with Gasteiger partial charge in [-0.1, -0.05) is 18.2 Å². The molecule has 3 aromatic rings. The fourth-order valence-corrected chi connectivity index (χ4v) is 2.47. The Kier molecular flexibility index (Phi) is 3.60. The Morgan fingerprint density at radius 1 is 1.10 bits per heavy atom. The predicted octanol–water partition coefficient (Wildman–Crippen LogP) is 2.19.